The molecule has 21 heavy (non-hydrogen) atoms. The molecule has 0 aliphatic carbocycles. The summed E-state index contributed by atoms with van der Waals surface area (Å²) >= 11 is 0. The van der Waals surface area contributed by atoms with Gasteiger partial charge in [-0.1, -0.05) is 25.1 Å². The monoisotopic (exact) mass is 311 g/mol. The van der Waals surface area contributed by atoms with Gasteiger partial charge in [0, 0.05) is 32.2 Å². The fourth-order valence-corrected chi connectivity index (χ4v) is 4.62. The highest BCUT2D eigenvalue weighted by atomic mass is 32.2. The highest BCUT2D eigenvalue weighted by molar-refractivity contribution is 7.89. The minimum Gasteiger partial charge on any atom is -0.316 e. The molecule has 118 valence electrons. The summed E-state index contributed by atoms with van der Waals surface area (Å²) < 4.78 is 27.4. The second-order valence-electron chi connectivity index (χ2n) is 5.48. The lowest BCUT2D eigenvalue weighted by Gasteiger charge is -2.38. The molecule has 0 amide bonds. The van der Waals surface area contributed by atoms with Crippen molar-refractivity contribution in [2.45, 2.75) is 31.3 Å². The van der Waals surface area contributed by atoms with Gasteiger partial charge in [0.1, 0.15) is 0 Å². The third-order valence-electron chi connectivity index (χ3n) is 4.09. The molecule has 0 spiro atoms. The van der Waals surface area contributed by atoms with Crippen molar-refractivity contribution in [2.75, 3.05) is 33.2 Å². The van der Waals surface area contributed by atoms with Gasteiger partial charge in [0.15, 0.2) is 0 Å². The maximum Gasteiger partial charge on any atom is 0.243 e. The number of nitrogens with zero attached hydrogens (tertiary/aromatic N) is 2. The molecule has 1 aromatic rings. The van der Waals surface area contributed by atoms with Crippen LogP contribution in [0.15, 0.2) is 29.2 Å². The Labute approximate surface area is 128 Å². The second kappa shape index (κ2) is 6.87. The van der Waals surface area contributed by atoms with Crippen molar-refractivity contribution in [3.05, 3.63) is 29.8 Å². The van der Waals surface area contributed by atoms with E-state index in [1.807, 2.05) is 19.2 Å². The van der Waals surface area contributed by atoms with Gasteiger partial charge in [-0.2, -0.15) is 4.31 Å². The predicted molar refractivity (Wildman–Crippen MR) is 84.7 cm³/mol. The molecular weight excluding hydrogens is 286 g/mol. The Balaban J connectivity index is 2.27. The molecule has 0 saturated carbocycles. The summed E-state index contributed by atoms with van der Waals surface area (Å²) in [4.78, 5) is 2.74. The molecule has 1 fully saturated rings. The second-order valence-corrected chi connectivity index (χ2v) is 7.39. The first-order valence-electron chi connectivity index (χ1n) is 7.47. The normalized spacial score (nSPS) is 21.6. The molecule has 0 radical (unpaired) electrons. The molecule has 1 saturated heterocycles. The van der Waals surface area contributed by atoms with Crippen molar-refractivity contribution in [3.8, 4) is 0 Å². The molecule has 1 heterocycles. The molecule has 0 bridgehead atoms. The van der Waals surface area contributed by atoms with Crippen LogP contribution in [0.3, 0.4) is 0 Å². The van der Waals surface area contributed by atoms with Crippen molar-refractivity contribution < 1.29 is 8.42 Å². The summed E-state index contributed by atoms with van der Waals surface area (Å²) in [5.74, 6) is 0. The van der Waals surface area contributed by atoms with Crippen molar-refractivity contribution in [3.63, 3.8) is 0 Å². The van der Waals surface area contributed by atoms with Crippen molar-refractivity contribution in [2.24, 2.45) is 0 Å². The molecule has 5 nitrogen and oxygen atoms in total. The lowest BCUT2D eigenvalue weighted by molar-refractivity contribution is 0.135. The number of nitrogens with one attached hydrogen (secondary N) is 1. The van der Waals surface area contributed by atoms with E-state index >= 15 is 0 Å². The number of sulfonamides is 1. The molecule has 6 heteroatoms. The molecule has 1 aromatic carbocycles. The van der Waals surface area contributed by atoms with E-state index in [1.165, 1.54) is 0 Å². The average molecular weight is 311 g/mol. The lowest BCUT2D eigenvalue weighted by Crippen LogP contribution is -2.53. The van der Waals surface area contributed by atoms with E-state index in [2.05, 4.69) is 24.1 Å². The van der Waals surface area contributed by atoms with Crippen LogP contribution in [0.25, 0.3) is 0 Å². The van der Waals surface area contributed by atoms with Crippen LogP contribution in [-0.4, -0.2) is 56.9 Å². The van der Waals surface area contributed by atoms with Gasteiger partial charge in [-0.3, -0.25) is 4.90 Å². The SMILES string of the molecule is CCN1CCN(S(=O)(=O)c2ccccc2CNC)CC1C. The summed E-state index contributed by atoms with van der Waals surface area (Å²) in [7, 11) is -1.59. The van der Waals surface area contributed by atoms with Crippen molar-refractivity contribution >= 4 is 10.0 Å². The van der Waals surface area contributed by atoms with Crippen LogP contribution in [0.1, 0.15) is 19.4 Å². The average Bonchev–Trinajstić information content (AvgIpc) is 2.48. The van der Waals surface area contributed by atoms with Crippen LogP contribution in [0.4, 0.5) is 0 Å². The minimum atomic E-state index is -3.41. The zero-order valence-electron chi connectivity index (χ0n) is 13.0. The Kier molecular flexibility index (Phi) is 5.37. The van der Waals surface area contributed by atoms with Gasteiger partial charge < -0.3 is 5.32 Å². The van der Waals surface area contributed by atoms with Crippen molar-refractivity contribution in [1.82, 2.24) is 14.5 Å². The molecule has 1 unspecified atom stereocenters. The number of rotatable bonds is 5. The van der Waals surface area contributed by atoms with Crippen LogP contribution in [0, 0.1) is 0 Å². The Bertz CT molecular complexity index is 574. The summed E-state index contributed by atoms with van der Waals surface area (Å²) in [5.41, 5.74) is 0.825. The smallest absolute Gasteiger partial charge is 0.243 e. The highest BCUT2D eigenvalue weighted by Crippen LogP contribution is 2.23. The fraction of sp³-hybridized carbons (Fsp3) is 0.600. The highest BCUT2D eigenvalue weighted by Gasteiger charge is 2.32. The molecule has 1 N–H and O–H groups in total. The van der Waals surface area contributed by atoms with E-state index in [9.17, 15) is 8.42 Å². The van der Waals surface area contributed by atoms with Crippen LogP contribution in [0.2, 0.25) is 0 Å². The summed E-state index contributed by atoms with van der Waals surface area (Å²) in [6.07, 6.45) is 0. The van der Waals surface area contributed by atoms with E-state index in [0.717, 1.165) is 18.7 Å². The first-order valence-corrected chi connectivity index (χ1v) is 8.91. The lowest BCUT2D eigenvalue weighted by atomic mass is 10.2. The van der Waals surface area contributed by atoms with Gasteiger partial charge in [0.2, 0.25) is 10.0 Å². The summed E-state index contributed by atoms with van der Waals surface area (Å²) in [6, 6.07) is 7.50. The standard InChI is InChI=1S/C15H25N3O2S/c1-4-17-9-10-18(12-13(17)2)21(19,20)15-8-6-5-7-14(15)11-16-3/h5-8,13,16H,4,9-12H2,1-3H3. The maximum absolute atomic E-state index is 12.9. The first kappa shape index (κ1) is 16.4. The number of hydrogen-bond donors (Lipinski definition) is 1. The largest absolute Gasteiger partial charge is 0.316 e. The predicted octanol–water partition coefficient (Wildman–Crippen LogP) is 1.12. The Hall–Kier alpha value is -0.950. The topological polar surface area (TPSA) is 52.7 Å². The van der Waals surface area contributed by atoms with E-state index in [4.69, 9.17) is 0 Å². The van der Waals surface area contributed by atoms with Crippen LogP contribution in [0.5, 0.6) is 0 Å². The van der Waals surface area contributed by atoms with Gasteiger partial charge in [-0.25, -0.2) is 8.42 Å². The van der Waals surface area contributed by atoms with Crippen LogP contribution < -0.4 is 5.32 Å². The number of likely N-dealkylation sites (N-methyl/N-ethyl adjacent to an activating group) is 1. The van der Waals surface area contributed by atoms with Gasteiger partial charge >= 0.3 is 0 Å². The van der Waals surface area contributed by atoms with E-state index in [-0.39, 0.29) is 6.04 Å². The minimum absolute atomic E-state index is 0.259. The Morgan fingerprint density at radius 2 is 2.00 bits per heavy atom. The zero-order chi connectivity index (χ0) is 15.5. The van der Waals surface area contributed by atoms with Gasteiger partial charge in [-0.15, -0.1) is 0 Å². The Morgan fingerprint density at radius 3 is 2.62 bits per heavy atom. The zero-order valence-corrected chi connectivity index (χ0v) is 13.9. The molecule has 0 aromatic heterocycles. The van der Waals surface area contributed by atoms with E-state index in [1.54, 1.807) is 16.4 Å². The van der Waals surface area contributed by atoms with Crippen molar-refractivity contribution in [1.29, 1.82) is 0 Å². The van der Waals surface area contributed by atoms with Gasteiger partial charge in [-0.05, 0) is 32.1 Å². The number of benzene rings is 1. The van der Waals surface area contributed by atoms with Gasteiger partial charge in [0.25, 0.3) is 0 Å². The van der Waals surface area contributed by atoms with E-state index < -0.39 is 10.0 Å². The quantitative estimate of drug-likeness (QED) is 0.885. The first-order chi connectivity index (χ1) is 10.0. The summed E-state index contributed by atoms with van der Waals surface area (Å²) in [5, 5.41) is 3.03. The molecule has 1 atom stereocenters. The summed E-state index contributed by atoms with van der Waals surface area (Å²) in [6.45, 7) is 7.64. The third-order valence-corrected chi connectivity index (χ3v) is 6.06. The van der Waals surface area contributed by atoms with Gasteiger partial charge in [0.05, 0.1) is 4.90 Å². The third kappa shape index (κ3) is 3.45. The Morgan fingerprint density at radius 1 is 1.29 bits per heavy atom. The fourth-order valence-electron chi connectivity index (χ4n) is 2.88. The number of piperazine rings is 1. The molecular formula is C15H25N3O2S. The molecule has 1 aliphatic rings. The van der Waals surface area contributed by atoms with Crippen LogP contribution in [-0.2, 0) is 16.6 Å². The molecule has 2 rings (SSSR count). The van der Waals surface area contributed by atoms with Crippen LogP contribution >= 0.6 is 0 Å². The number of hydrogen-bond acceptors (Lipinski definition) is 4. The molecule has 1 aliphatic heterocycles. The van der Waals surface area contributed by atoms with E-state index in [0.29, 0.717) is 24.5 Å². The maximum atomic E-state index is 12.9.